The lowest BCUT2D eigenvalue weighted by molar-refractivity contribution is -0.137. The van der Waals surface area contributed by atoms with E-state index in [1.54, 1.807) is 0 Å². The van der Waals surface area contributed by atoms with Crippen molar-refractivity contribution in [2.45, 2.75) is 6.18 Å². The van der Waals surface area contributed by atoms with Crippen LogP contribution < -0.4 is 11.5 Å². The van der Waals surface area contributed by atoms with E-state index in [4.69, 9.17) is 11.5 Å². The van der Waals surface area contributed by atoms with Gasteiger partial charge in [0.15, 0.2) is 0 Å². The van der Waals surface area contributed by atoms with Gasteiger partial charge >= 0.3 is 6.18 Å². The SMILES string of the molecule is NC(=O)c1cc(N)ccc1-n1cc(C(F)(F)F)cn1. The van der Waals surface area contributed by atoms with Gasteiger partial charge in [-0.1, -0.05) is 0 Å². The molecule has 0 saturated heterocycles. The first-order valence-corrected chi connectivity index (χ1v) is 5.10. The first-order chi connectivity index (χ1) is 8.79. The van der Waals surface area contributed by atoms with Crippen molar-refractivity contribution in [2.24, 2.45) is 5.73 Å². The second kappa shape index (κ2) is 4.30. The van der Waals surface area contributed by atoms with Crippen LogP contribution in [0.3, 0.4) is 0 Å². The first-order valence-electron chi connectivity index (χ1n) is 5.10. The van der Waals surface area contributed by atoms with E-state index < -0.39 is 17.6 Å². The number of hydrogen-bond donors (Lipinski definition) is 2. The van der Waals surface area contributed by atoms with Crippen LogP contribution in [-0.2, 0) is 6.18 Å². The number of rotatable bonds is 2. The number of alkyl halides is 3. The van der Waals surface area contributed by atoms with E-state index in [1.807, 2.05) is 0 Å². The van der Waals surface area contributed by atoms with E-state index in [9.17, 15) is 18.0 Å². The van der Waals surface area contributed by atoms with Crippen LogP contribution in [0.1, 0.15) is 15.9 Å². The standard InChI is InChI=1S/C11H9F3N4O/c12-11(13,14)6-4-17-18(5-6)9-2-1-7(15)3-8(9)10(16)19/h1-5H,15H2,(H2,16,19). The number of amides is 1. The fourth-order valence-corrected chi connectivity index (χ4v) is 1.55. The average Bonchev–Trinajstić information content (AvgIpc) is 2.77. The number of halogens is 3. The Bertz CT molecular complexity index is 633. The molecule has 0 fully saturated rings. The van der Waals surface area contributed by atoms with E-state index in [-0.39, 0.29) is 16.9 Å². The number of nitrogen functional groups attached to an aromatic ring is 1. The molecule has 2 rings (SSSR count). The minimum atomic E-state index is -4.50. The largest absolute Gasteiger partial charge is 0.419 e. The van der Waals surface area contributed by atoms with E-state index >= 15 is 0 Å². The summed E-state index contributed by atoms with van der Waals surface area (Å²) < 4.78 is 38.4. The van der Waals surface area contributed by atoms with Crippen molar-refractivity contribution in [1.82, 2.24) is 9.78 Å². The molecule has 0 radical (unpaired) electrons. The molecule has 0 saturated carbocycles. The van der Waals surface area contributed by atoms with Crippen LogP contribution >= 0.6 is 0 Å². The molecular weight excluding hydrogens is 261 g/mol. The molecule has 19 heavy (non-hydrogen) atoms. The van der Waals surface area contributed by atoms with Gasteiger partial charge in [-0.05, 0) is 18.2 Å². The molecule has 0 aliphatic heterocycles. The molecule has 0 aliphatic rings. The third kappa shape index (κ3) is 2.51. The van der Waals surface area contributed by atoms with Gasteiger partial charge in [0.25, 0.3) is 5.91 Å². The molecule has 2 aromatic rings. The van der Waals surface area contributed by atoms with Gasteiger partial charge in [-0.25, -0.2) is 4.68 Å². The predicted octanol–water partition coefficient (Wildman–Crippen LogP) is 1.57. The highest BCUT2D eigenvalue weighted by molar-refractivity contribution is 5.97. The Kier molecular flexibility index (Phi) is 2.93. The van der Waals surface area contributed by atoms with Gasteiger partial charge in [-0.3, -0.25) is 4.79 Å². The molecule has 1 aromatic heterocycles. The van der Waals surface area contributed by atoms with Crippen molar-refractivity contribution < 1.29 is 18.0 Å². The molecule has 0 atom stereocenters. The maximum Gasteiger partial charge on any atom is 0.419 e. The number of hydrogen-bond acceptors (Lipinski definition) is 3. The zero-order valence-electron chi connectivity index (χ0n) is 9.48. The number of primary amides is 1. The molecule has 0 bridgehead atoms. The van der Waals surface area contributed by atoms with Crippen molar-refractivity contribution in [1.29, 1.82) is 0 Å². The maximum atomic E-state index is 12.5. The number of carbonyl (C=O) groups is 1. The first kappa shape index (κ1) is 12.9. The lowest BCUT2D eigenvalue weighted by Gasteiger charge is -2.07. The Balaban J connectivity index is 2.53. The molecule has 5 nitrogen and oxygen atoms in total. The van der Waals surface area contributed by atoms with Gasteiger partial charge in [-0.15, -0.1) is 0 Å². The summed E-state index contributed by atoms with van der Waals surface area (Å²) in [4.78, 5) is 11.3. The van der Waals surface area contributed by atoms with Crippen LogP contribution in [0.25, 0.3) is 5.69 Å². The molecule has 0 aliphatic carbocycles. The van der Waals surface area contributed by atoms with Crippen LogP contribution in [0.2, 0.25) is 0 Å². The Hall–Kier alpha value is -2.51. The Morgan fingerprint density at radius 3 is 2.53 bits per heavy atom. The van der Waals surface area contributed by atoms with Crippen molar-refractivity contribution >= 4 is 11.6 Å². The lowest BCUT2D eigenvalue weighted by Crippen LogP contribution is -2.15. The molecule has 8 heteroatoms. The average molecular weight is 270 g/mol. The normalized spacial score (nSPS) is 11.5. The number of aromatic nitrogens is 2. The number of nitrogens with two attached hydrogens (primary N) is 2. The topological polar surface area (TPSA) is 86.9 Å². The number of anilines is 1. The summed E-state index contributed by atoms with van der Waals surface area (Å²) in [5.74, 6) is -0.800. The smallest absolute Gasteiger partial charge is 0.399 e. The highest BCUT2D eigenvalue weighted by atomic mass is 19.4. The second-order valence-corrected chi connectivity index (χ2v) is 3.81. The van der Waals surface area contributed by atoms with Crippen LogP contribution in [0.15, 0.2) is 30.6 Å². The maximum absolute atomic E-state index is 12.5. The van der Waals surface area contributed by atoms with E-state index in [0.29, 0.717) is 6.20 Å². The molecule has 1 aromatic carbocycles. The summed E-state index contributed by atoms with van der Waals surface area (Å²) in [7, 11) is 0. The summed E-state index contributed by atoms with van der Waals surface area (Å²) in [6, 6.07) is 4.10. The van der Waals surface area contributed by atoms with Crippen molar-refractivity contribution in [3.8, 4) is 5.69 Å². The van der Waals surface area contributed by atoms with E-state index in [2.05, 4.69) is 5.10 Å². The summed E-state index contributed by atoms with van der Waals surface area (Å²) in [5.41, 5.74) is 10.2. The molecule has 0 unspecified atom stereocenters. The van der Waals surface area contributed by atoms with Crippen LogP contribution in [0.4, 0.5) is 18.9 Å². The summed E-state index contributed by atoms with van der Waals surface area (Å²) in [5, 5.41) is 3.57. The van der Waals surface area contributed by atoms with Gasteiger partial charge in [0.05, 0.1) is 23.0 Å². The Labute approximate surface area is 105 Å². The highest BCUT2D eigenvalue weighted by Crippen LogP contribution is 2.29. The number of nitrogens with zero attached hydrogens (tertiary/aromatic N) is 2. The van der Waals surface area contributed by atoms with E-state index in [1.165, 1.54) is 18.2 Å². The lowest BCUT2D eigenvalue weighted by atomic mass is 10.1. The number of carbonyl (C=O) groups excluding carboxylic acids is 1. The third-order valence-electron chi connectivity index (χ3n) is 2.44. The third-order valence-corrected chi connectivity index (χ3v) is 2.44. The van der Waals surface area contributed by atoms with Gasteiger partial charge in [-0.2, -0.15) is 18.3 Å². The Morgan fingerprint density at radius 1 is 1.32 bits per heavy atom. The molecule has 4 N–H and O–H groups in total. The quantitative estimate of drug-likeness (QED) is 0.812. The molecule has 1 amide bonds. The monoisotopic (exact) mass is 270 g/mol. The van der Waals surface area contributed by atoms with Crippen molar-refractivity contribution in [3.63, 3.8) is 0 Å². The second-order valence-electron chi connectivity index (χ2n) is 3.81. The zero-order valence-corrected chi connectivity index (χ0v) is 9.48. The summed E-state index contributed by atoms with van der Waals surface area (Å²) >= 11 is 0. The van der Waals surface area contributed by atoms with Gasteiger partial charge in [0, 0.05) is 11.9 Å². The highest BCUT2D eigenvalue weighted by Gasteiger charge is 2.32. The van der Waals surface area contributed by atoms with Crippen LogP contribution in [0.5, 0.6) is 0 Å². The fraction of sp³-hybridized carbons (Fsp3) is 0.0909. The molecule has 100 valence electrons. The number of benzene rings is 1. The van der Waals surface area contributed by atoms with Gasteiger partial charge < -0.3 is 11.5 Å². The van der Waals surface area contributed by atoms with Gasteiger partial charge in [0.2, 0.25) is 0 Å². The van der Waals surface area contributed by atoms with Crippen molar-refractivity contribution in [2.75, 3.05) is 5.73 Å². The van der Waals surface area contributed by atoms with E-state index in [0.717, 1.165) is 10.9 Å². The predicted molar refractivity (Wildman–Crippen MR) is 61.5 cm³/mol. The summed E-state index contributed by atoms with van der Waals surface area (Å²) in [6.07, 6.45) is -3.06. The molecule has 1 heterocycles. The van der Waals surface area contributed by atoms with Crippen LogP contribution in [-0.4, -0.2) is 15.7 Å². The zero-order chi connectivity index (χ0) is 14.2. The van der Waals surface area contributed by atoms with Crippen LogP contribution in [0, 0.1) is 0 Å². The summed E-state index contributed by atoms with van der Waals surface area (Å²) in [6.45, 7) is 0. The van der Waals surface area contributed by atoms with Crippen molar-refractivity contribution in [3.05, 3.63) is 41.7 Å². The minimum absolute atomic E-state index is 0.00294. The fourth-order valence-electron chi connectivity index (χ4n) is 1.55. The Morgan fingerprint density at radius 2 is 2.00 bits per heavy atom. The minimum Gasteiger partial charge on any atom is -0.399 e. The molecular formula is C11H9F3N4O. The molecule has 0 spiro atoms. The van der Waals surface area contributed by atoms with Gasteiger partial charge in [0.1, 0.15) is 0 Å².